The van der Waals surface area contributed by atoms with Crippen molar-refractivity contribution in [3.8, 4) is 11.1 Å². The molecule has 0 fully saturated rings. The number of nitrogens with two attached hydrogens (primary N) is 3. The Morgan fingerprint density at radius 3 is 2.44 bits per heavy atom. The second-order valence-electron chi connectivity index (χ2n) is 8.52. The van der Waals surface area contributed by atoms with Gasteiger partial charge in [-0.2, -0.15) is 0 Å². The molecular weight excluding hydrogens is 465 g/mol. The molecule has 0 aliphatic rings. The van der Waals surface area contributed by atoms with E-state index in [4.69, 9.17) is 17.2 Å². The number of hydrogen-bond acceptors (Lipinski definition) is 7. The summed E-state index contributed by atoms with van der Waals surface area (Å²) in [6, 6.07) is 3.22. The van der Waals surface area contributed by atoms with Crippen LogP contribution in [0, 0.1) is 12.7 Å². The molecule has 10 nitrogen and oxygen atoms in total. The maximum absolute atomic E-state index is 15.0. The van der Waals surface area contributed by atoms with Crippen LogP contribution < -0.4 is 27.8 Å². The highest BCUT2D eigenvalue weighted by Crippen LogP contribution is 2.36. The number of nitrogens with one attached hydrogen (secondary N) is 2. The van der Waals surface area contributed by atoms with Gasteiger partial charge in [-0.1, -0.05) is 6.42 Å². The normalized spacial score (nSPS) is 10.8. The molecule has 0 aliphatic carbocycles. The van der Waals surface area contributed by atoms with E-state index in [1.807, 2.05) is 0 Å². The highest BCUT2D eigenvalue weighted by Gasteiger charge is 2.17. The molecule has 11 heteroatoms. The summed E-state index contributed by atoms with van der Waals surface area (Å²) in [5.41, 5.74) is 18.9. The molecule has 0 saturated carbocycles. The van der Waals surface area contributed by atoms with Gasteiger partial charge in [0.25, 0.3) is 0 Å². The minimum atomic E-state index is -0.597. The van der Waals surface area contributed by atoms with Crippen LogP contribution in [0.15, 0.2) is 30.7 Å². The summed E-state index contributed by atoms with van der Waals surface area (Å²) in [6.45, 7) is 1.94. The number of carbonyl (C=O) groups excluding carboxylic acids is 3. The number of amides is 3. The Morgan fingerprint density at radius 2 is 1.69 bits per heavy atom. The highest BCUT2D eigenvalue weighted by molar-refractivity contribution is 6.00. The average Bonchev–Trinajstić information content (AvgIpc) is 2.83. The van der Waals surface area contributed by atoms with Crippen molar-refractivity contribution < 1.29 is 18.8 Å². The summed E-state index contributed by atoms with van der Waals surface area (Å²) in [5.74, 6) is -1.18. The van der Waals surface area contributed by atoms with Crippen LogP contribution >= 0.6 is 0 Å². The molecule has 3 amide bonds. The van der Waals surface area contributed by atoms with Crippen LogP contribution in [0.2, 0.25) is 0 Å². The third kappa shape index (κ3) is 6.65. The molecule has 3 aromatic rings. The van der Waals surface area contributed by atoms with E-state index in [-0.39, 0.29) is 47.8 Å². The van der Waals surface area contributed by atoms with Gasteiger partial charge in [-0.25, -0.2) is 9.37 Å². The van der Waals surface area contributed by atoms with Crippen LogP contribution in [-0.2, 0) is 14.4 Å². The summed E-state index contributed by atoms with van der Waals surface area (Å²) in [5, 5.41) is 6.36. The summed E-state index contributed by atoms with van der Waals surface area (Å²) in [4.78, 5) is 43.1. The van der Waals surface area contributed by atoms with Crippen molar-refractivity contribution in [2.75, 3.05) is 23.3 Å². The predicted molar refractivity (Wildman–Crippen MR) is 137 cm³/mol. The molecule has 190 valence electrons. The van der Waals surface area contributed by atoms with E-state index >= 15 is 4.39 Å². The SMILES string of the molecule is Cc1c(N)cncc1-c1cc2cc(NC(=O)CCNC(=O)CCCCCC(N)=O)ncc2c(N)c1F. The third-order valence-electron chi connectivity index (χ3n) is 5.81. The van der Waals surface area contributed by atoms with Gasteiger partial charge in [0.2, 0.25) is 17.7 Å². The maximum Gasteiger partial charge on any atom is 0.227 e. The molecular formula is C25H30FN7O3. The molecule has 0 unspecified atom stereocenters. The van der Waals surface area contributed by atoms with Crippen molar-refractivity contribution in [3.63, 3.8) is 0 Å². The Bertz CT molecular complexity index is 1300. The van der Waals surface area contributed by atoms with Crippen LogP contribution in [0.1, 0.15) is 44.1 Å². The number of carbonyl (C=O) groups is 3. The van der Waals surface area contributed by atoms with Gasteiger partial charge in [-0.05, 0) is 42.8 Å². The minimum absolute atomic E-state index is 0.0537. The van der Waals surface area contributed by atoms with Crippen LogP contribution in [0.3, 0.4) is 0 Å². The number of pyridine rings is 2. The number of fused-ring (bicyclic) bond motifs is 1. The molecule has 2 aromatic heterocycles. The smallest absolute Gasteiger partial charge is 0.227 e. The number of aromatic nitrogens is 2. The monoisotopic (exact) mass is 495 g/mol. The van der Waals surface area contributed by atoms with Gasteiger partial charge < -0.3 is 27.8 Å². The third-order valence-corrected chi connectivity index (χ3v) is 5.81. The Balaban J connectivity index is 1.61. The molecule has 8 N–H and O–H groups in total. The zero-order valence-corrected chi connectivity index (χ0v) is 20.1. The van der Waals surface area contributed by atoms with E-state index in [1.165, 1.54) is 18.6 Å². The van der Waals surface area contributed by atoms with Crippen molar-refractivity contribution in [2.24, 2.45) is 5.73 Å². The average molecular weight is 496 g/mol. The Morgan fingerprint density at radius 1 is 0.944 bits per heavy atom. The molecule has 36 heavy (non-hydrogen) atoms. The fourth-order valence-corrected chi connectivity index (χ4v) is 3.75. The van der Waals surface area contributed by atoms with Gasteiger partial charge in [0, 0.05) is 54.7 Å². The van der Waals surface area contributed by atoms with Gasteiger partial charge in [0.15, 0.2) is 5.82 Å². The molecule has 1 aromatic carbocycles. The molecule has 0 aliphatic heterocycles. The van der Waals surface area contributed by atoms with Crippen molar-refractivity contribution in [1.29, 1.82) is 0 Å². The number of anilines is 3. The zero-order valence-electron chi connectivity index (χ0n) is 20.1. The van der Waals surface area contributed by atoms with E-state index in [1.54, 1.807) is 19.1 Å². The van der Waals surface area contributed by atoms with Crippen molar-refractivity contribution >= 4 is 45.7 Å². The molecule has 0 atom stereocenters. The van der Waals surface area contributed by atoms with Crippen molar-refractivity contribution in [3.05, 3.63) is 42.1 Å². The Kier molecular flexibility index (Phi) is 8.71. The molecule has 0 bridgehead atoms. The van der Waals surface area contributed by atoms with E-state index in [0.29, 0.717) is 53.3 Å². The number of rotatable bonds is 11. The maximum atomic E-state index is 15.0. The lowest BCUT2D eigenvalue weighted by molar-refractivity contribution is -0.121. The Labute approximate surface area is 207 Å². The lowest BCUT2D eigenvalue weighted by Crippen LogP contribution is -2.27. The minimum Gasteiger partial charge on any atom is -0.397 e. The molecule has 3 rings (SSSR count). The molecule has 0 radical (unpaired) electrons. The highest BCUT2D eigenvalue weighted by atomic mass is 19.1. The molecule has 0 spiro atoms. The predicted octanol–water partition coefficient (Wildman–Crippen LogP) is 2.79. The second kappa shape index (κ2) is 11.9. The quantitative estimate of drug-likeness (QED) is 0.200. The number of nitrogens with zero attached hydrogens (tertiary/aromatic N) is 2. The topological polar surface area (TPSA) is 179 Å². The van der Waals surface area contributed by atoms with Crippen molar-refractivity contribution in [1.82, 2.24) is 15.3 Å². The first-order valence-corrected chi connectivity index (χ1v) is 11.6. The lowest BCUT2D eigenvalue weighted by atomic mass is 9.97. The zero-order chi connectivity index (χ0) is 26.2. The molecule has 2 heterocycles. The van der Waals surface area contributed by atoms with E-state index in [0.717, 1.165) is 6.42 Å². The van der Waals surface area contributed by atoms with Crippen LogP contribution in [0.25, 0.3) is 21.9 Å². The number of primary amides is 1. The fourth-order valence-electron chi connectivity index (χ4n) is 3.75. The van der Waals surface area contributed by atoms with Gasteiger partial charge in [0.05, 0.1) is 17.6 Å². The first-order chi connectivity index (χ1) is 17.2. The summed E-state index contributed by atoms with van der Waals surface area (Å²) in [6.07, 6.45) is 7.12. The number of hydrogen-bond donors (Lipinski definition) is 5. The number of halogens is 1. The molecule has 0 saturated heterocycles. The second-order valence-corrected chi connectivity index (χ2v) is 8.52. The summed E-state index contributed by atoms with van der Waals surface area (Å²) < 4.78 is 15.0. The van der Waals surface area contributed by atoms with Gasteiger partial charge in [-0.15, -0.1) is 0 Å². The van der Waals surface area contributed by atoms with E-state index in [9.17, 15) is 14.4 Å². The summed E-state index contributed by atoms with van der Waals surface area (Å²) >= 11 is 0. The van der Waals surface area contributed by atoms with Crippen LogP contribution in [-0.4, -0.2) is 34.2 Å². The van der Waals surface area contributed by atoms with Crippen molar-refractivity contribution in [2.45, 2.75) is 45.4 Å². The fraction of sp³-hybridized carbons (Fsp3) is 0.320. The van der Waals surface area contributed by atoms with Gasteiger partial charge >= 0.3 is 0 Å². The lowest BCUT2D eigenvalue weighted by Gasteiger charge is -2.13. The first-order valence-electron chi connectivity index (χ1n) is 11.6. The first kappa shape index (κ1) is 26.3. The standard InChI is InChI=1S/C25H30FN7O3/c1-14-17(11-30-13-19(14)27)16-9-15-10-21(32-12-18(15)25(29)24(16)26)33-23(36)7-8-31-22(35)6-4-2-3-5-20(28)34/h9-13H,2-8,27,29H2,1H3,(H2,28,34)(H,31,35)(H,32,33,36). The largest absolute Gasteiger partial charge is 0.397 e. The number of unbranched alkanes of at least 4 members (excludes halogenated alkanes) is 2. The number of nitrogen functional groups attached to an aromatic ring is 2. The van der Waals surface area contributed by atoms with Gasteiger partial charge in [0.1, 0.15) is 5.82 Å². The van der Waals surface area contributed by atoms with Gasteiger partial charge in [-0.3, -0.25) is 19.4 Å². The van der Waals surface area contributed by atoms with E-state index < -0.39 is 5.82 Å². The summed E-state index contributed by atoms with van der Waals surface area (Å²) in [7, 11) is 0. The Hall–Kier alpha value is -4.28. The van der Waals surface area contributed by atoms with E-state index in [2.05, 4.69) is 20.6 Å². The van der Waals surface area contributed by atoms with Crippen LogP contribution in [0.4, 0.5) is 21.6 Å². The van der Waals surface area contributed by atoms with Crippen LogP contribution in [0.5, 0.6) is 0 Å². The number of benzene rings is 1.